The monoisotopic (exact) mass is 492 g/mol. The van der Waals surface area contributed by atoms with Gasteiger partial charge in [0.25, 0.3) is 0 Å². The van der Waals surface area contributed by atoms with Crippen LogP contribution in [0.4, 0.5) is 5.69 Å². The number of nitrogens with two attached hydrogens (primary N) is 2. The molecule has 4 nitrogen and oxygen atoms in total. The maximum atomic E-state index is 6.98. The number of anilines is 1. The second-order valence-electron chi connectivity index (χ2n) is 8.05. The number of hydrogen-bond acceptors (Lipinski definition) is 4. The Kier molecular flexibility index (Phi) is 7.32. The summed E-state index contributed by atoms with van der Waals surface area (Å²) in [7, 11) is 3.29. The third-order valence-corrected chi connectivity index (χ3v) is 6.62. The zero-order valence-corrected chi connectivity index (χ0v) is 20.5. The van der Waals surface area contributed by atoms with E-state index in [4.69, 9.17) is 44.1 Å². The van der Waals surface area contributed by atoms with Crippen LogP contribution in [-0.4, -0.2) is 20.3 Å². The van der Waals surface area contributed by atoms with Crippen molar-refractivity contribution in [3.8, 4) is 11.5 Å². The molecule has 3 aromatic rings. The van der Waals surface area contributed by atoms with E-state index in [0.29, 0.717) is 22.2 Å². The first kappa shape index (κ1) is 24.0. The molecule has 0 amide bonds. The predicted molar refractivity (Wildman–Crippen MR) is 143 cm³/mol. The fourth-order valence-corrected chi connectivity index (χ4v) is 4.62. The topological polar surface area (TPSA) is 70.5 Å². The van der Waals surface area contributed by atoms with E-state index in [1.807, 2.05) is 66.7 Å². The van der Waals surface area contributed by atoms with Gasteiger partial charge in [-0.3, -0.25) is 0 Å². The molecular formula is C28H26Cl2N2O2. The van der Waals surface area contributed by atoms with Crippen molar-refractivity contribution < 1.29 is 9.47 Å². The van der Waals surface area contributed by atoms with Crippen molar-refractivity contribution in [3.63, 3.8) is 0 Å². The van der Waals surface area contributed by atoms with Crippen LogP contribution >= 0.6 is 23.2 Å². The van der Waals surface area contributed by atoms with E-state index in [1.165, 1.54) is 0 Å². The van der Waals surface area contributed by atoms with Crippen LogP contribution < -0.4 is 20.9 Å². The van der Waals surface area contributed by atoms with Gasteiger partial charge in [0.1, 0.15) is 11.5 Å². The Morgan fingerprint density at radius 3 is 1.91 bits per heavy atom. The number of hydrogen-bond donors (Lipinski definition) is 2. The molecule has 6 heteroatoms. The standard InChI is InChI=1S/C28H26Cl2N2O2/c1-33-21-8-3-17(4-9-21)13-19-15-24(23-12-7-20(31)16-26(23)29)27(30)25(28(19)32)14-18-5-10-22(34-2)11-6-18/h3-14,16,28H,15,31-32H2,1-2H3. The Balaban J connectivity index is 1.84. The minimum absolute atomic E-state index is 0.381. The Labute approximate surface area is 210 Å². The molecule has 4 rings (SSSR count). The van der Waals surface area contributed by atoms with Crippen LogP contribution in [0.1, 0.15) is 23.1 Å². The van der Waals surface area contributed by atoms with Crippen molar-refractivity contribution in [2.75, 3.05) is 20.0 Å². The van der Waals surface area contributed by atoms with Gasteiger partial charge in [-0.05, 0) is 82.3 Å². The van der Waals surface area contributed by atoms with Crippen molar-refractivity contribution in [3.05, 3.63) is 105 Å². The molecule has 0 aliphatic heterocycles. The van der Waals surface area contributed by atoms with Crippen molar-refractivity contribution >= 4 is 46.6 Å². The summed E-state index contributed by atoms with van der Waals surface area (Å²) >= 11 is 13.6. The molecule has 174 valence electrons. The molecule has 1 aliphatic rings. The van der Waals surface area contributed by atoms with Gasteiger partial charge in [-0.1, -0.05) is 59.6 Å². The van der Waals surface area contributed by atoms with Crippen LogP contribution in [-0.2, 0) is 0 Å². The molecule has 0 fully saturated rings. The maximum absolute atomic E-state index is 6.98. The number of nitrogen functional groups attached to an aromatic ring is 1. The molecule has 0 bridgehead atoms. The highest BCUT2D eigenvalue weighted by Gasteiger charge is 2.28. The summed E-state index contributed by atoms with van der Waals surface area (Å²) in [6.45, 7) is 0. The fraction of sp³-hybridized carbons (Fsp3) is 0.143. The molecule has 0 radical (unpaired) electrons. The van der Waals surface area contributed by atoms with Gasteiger partial charge in [-0.2, -0.15) is 0 Å². The zero-order valence-electron chi connectivity index (χ0n) is 19.0. The fourth-order valence-electron chi connectivity index (χ4n) is 3.98. The molecule has 34 heavy (non-hydrogen) atoms. The van der Waals surface area contributed by atoms with Gasteiger partial charge in [-0.15, -0.1) is 0 Å². The largest absolute Gasteiger partial charge is 0.497 e. The number of rotatable bonds is 5. The van der Waals surface area contributed by atoms with Gasteiger partial charge in [0.2, 0.25) is 0 Å². The number of methoxy groups -OCH3 is 2. The van der Waals surface area contributed by atoms with E-state index in [1.54, 1.807) is 20.3 Å². The molecule has 1 unspecified atom stereocenters. The zero-order chi connectivity index (χ0) is 24.2. The maximum Gasteiger partial charge on any atom is 0.118 e. The Morgan fingerprint density at radius 2 is 1.38 bits per heavy atom. The third kappa shape index (κ3) is 5.15. The molecule has 4 N–H and O–H groups in total. The Bertz CT molecular complexity index is 1280. The van der Waals surface area contributed by atoms with E-state index in [0.717, 1.165) is 44.9 Å². The van der Waals surface area contributed by atoms with Crippen molar-refractivity contribution in [2.24, 2.45) is 5.73 Å². The molecule has 0 saturated carbocycles. The highest BCUT2D eigenvalue weighted by molar-refractivity contribution is 6.38. The predicted octanol–water partition coefficient (Wildman–Crippen LogP) is 6.79. The molecule has 3 aromatic carbocycles. The summed E-state index contributed by atoms with van der Waals surface area (Å²) in [5.74, 6) is 1.58. The summed E-state index contributed by atoms with van der Waals surface area (Å²) in [6, 6.07) is 20.7. The normalized spacial score (nSPS) is 18.4. The van der Waals surface area contributed by atoms with Crippen LogP contribution in [0.25, 0.3) is 17.7 Å². The first-order valence-electron chi connectivity index (χ1n) is 10.8. The average Bonchev–Trinajstić information content (AvgIpc) is 2.85. The van der Waals surface area contributed by atoms with Crippen molar-refractivity contribution in [2.45, 2.75) is 12.5 Å². The minimum atomic E-state index is -0.381. The summed E-state index contributed by atoms with van der Waals surface area (Å²) < 4.78 is 10.6. The Morgan fingerprint density at radius 1 is 0.824 bits per heavy atom. The first-order valence-corrected chi connectivity index (χ1v) is 11.6. The van der Waals surface area contributed by atoms with Crippen LogP contribution in [0, 0.1) is 0 Å². The van der Waals surface area contributed by atoms with E-state index >= 15 is 0 Å². The molecule has 0 saturated heterocycles. The third-order valence-electron chi connectivity index (χ3n) is 5.86. The van der Waals surface area contributed by atoms with Crippen molar-refractivity contribution in [1.82, 2.24) is 0 Å². The summed E-state index contributed by atoms with van der Waals surface area (Å²) in [4.78, 5) is 0. The SMILES string of the molecule is COc1ccc(C=C2CC(c3ccc(N)cc3Cl)=C(Cl)C(=Cc3ccc(OC)cc3)C2N)cc1. The average molecular weight is 493 g/mol. The summed E-state index contributed by atoms with van der Waals surface area (Å²) in [6.07, 6.45) is 4.68. The molecule has 0 aromatic heterocycles. The van der Waals surface area contributed by atoms with Crippen LogP contribution in [0.15, 0.2) is 82.9 Å². The second kappa shape index (κ2) is 10.4. The van der Waals surface area contributed by atoms with Crippen LogP contribution in [0.5, 0.6) is 11.5 Å². The highest BCUT2D eigenvalue weighted by atomic mass is 35.5. The summed E-state index contributed by atoms with van der Waals surface area (Å²) in [5.41, 5.74) is 18.9. The van der Waals surface area contributed by atoms with Gasteiger partial charge in [0.15, 0.2) is 0 Å². The smallest absolute Gasteiger partial charge is 0.118 e. The molecule has 1 atom stereocenters. The molecular weight excluding hydrogens is 467 g/mol. The first-order chi connectivity index (χ1) is 16.4. The number of ether oxygens (including phenoxy) is 2. The van der Waals surface area contributed by atoms with Crippen LogP contribution in [0.3, 0.4) is 0 Å². The van der Waals surface area contributed by atoms with Crippen molar-refractivity contribution in [1.29, 1.82) is 0 Å². The quantitative estimate of drug-likeness (QED) is 0.384. The van der Waals surface area contributed by atoms with Gasteiger partial charge < -0.3 is 20.9 Å². The summed E-state index contributed by atoms with van der Waals surface area (Å²) in [5, 5.41) is 1.15. The lowest BCUT2D eigenvalue weighted by atomic mass is 9.82. The molecule has 0 spiro atoms. The van der Waals surface area contributed by atoms with E-state index in [2.05, 4.69) is 6.08 Å². The highest BCUT2D eigenvalue weighted by Crippen LogP contribution is 2.43. The lowest BCUT2D eigenvalue weighted by Gasteiger charge is -2.29. The molecule has 1 aliphatic carbocycles. The second-order valence-corrected chi connectivity index (χ2v) is 8.84. The van der Waals surface area contributed by atoms with Crippen LogP contribution in [0.2, 0.25) is 5.02 Å². The molecule has 0 heterocycles. The van der Waals surface area contributed by atoms with Gasteiger partial charge >= 0.3 is 0 Å². The number of allylic oxidation sites excluding steroid dienone is 1. The lowest BCUT2D eigenvalue weighted by molar-refractivity contribution is 0.414. The van der Waals surface area contributed by atoms with E-state index in [9.17, 15) is 0 Å². The lowest BCUT2D eigenvalue weighted by Crippen LogP contribution is -2.29. The van der Waals surface area contributed by atoms with Gasteiger partial charge in [0, 0.05) is 10.7 Å². The van der Waals surface area contributed by atoms with Gasteiger partial charge in [-0.25, -0.2) is 0 Å². The minimum Gasteiger partial charge on any atom is -0.497 e. The van der Waals surface area contributed by atoms with E-state index in [-0.39, 0.29) is 6.04 Å². The Hall–Kier alpha value is -3.18. The van der Waals surface area contributed by atoms with E-state index < -0.39 is 0 Å². The number of halogens is 2. The van der Waals surface area contributed by atoms with Gasteiger partial charge in [0.05, 0.1) is 25.3 Å². The number of benzene rings is 3.